The van der Waals surface area contributed by atoms with Gasteiger partial charge in [0.2, 0.25) is 0 Å². The molecule has 0 saturated carbocycles. The monoisotopic (exact) mass is 283 g/mol. The first-order valence-electron chi connectivity index (χ1n) is 5.23. The summed E-state index contributed by atoms with van der Waals surface area (Å²) >= 11 is -0.111. The van der Waals surface area contributed by atoms with Gasteiger partial charge in [0.15, 0.2) is 0 Å². The molecule has 0 heterocycles. The lowest BCUT2D eigenvalue weighted by molar-refractivity contribution is -0.0327. The summed E-state index contributed by atoms with van der Waals surface area (Å²) in [6.45, 7) is 0.270. The van der Waals surface area contributed by atoms with Crippen molar-refractivity contribution in [1.82, 2.24) is 5.32 Å². The molecule has 0 aliphatic rings. The Morgan fingerprint density at radius 1 is 1.22 bits per heavy atom. The molecule has 0 bridgehead atoms. The molecule has 1 unspecified atom stereocenters. The summed E-state index contributed by atoms with van der Waals surface area (Å²) < 4.78 is 48.0. The van der Waals surface area contributed by atoms with Crippen LogP contribution in [0.1, 0.15) is 11.7 Å². The molecule has 1 atom stereocenters. The predicted molar refractivity (Wildman–Crippen MR) is 62.7 cm³/mol. The van der Waals surface area contributed by atoms with Gasteiger partial charge in [0.1, 0.15) is 5.82 Å². The Morgan fingerprint density at radius 2 is 1.83 bits per heavy atom. The van der Waals surface area contributed by atoms with Crippen LogP contribution in [0.5, 0.6) is 0 Å². The van der Waals surface area contributed by atoms with E-state index < -0.39 is 17.4 Å². The van der Waals surface area contributed by atoms with Crippen LogP contribution in [0.2, 0.25) is 0 Å². The normalized spacial score (nSPS) is 13.6. The molecule has 0 fully saturated rings. The second kappa shape index (κ2) is 6.96. The maximum Gasteiger partial charge on any atom is 0.441 e. The highest BCUT2D eigenvalue weighted by Gasteiger charge is 2.27. The van der Waals surface area contributed by atoms with Crippen LogP contribution in [0, 0.1) is 5.82 Å². The molecule has 0 saturated heterocycles. The quantitative estimate of drug-likeness (QED) is 0.622. The van der Waals surface area contributed by atoms with E-state index in [9.17, 15) is 22.7 Å². The Labute approximate surface area is 106 Å². The number of rotatable bonds is 6. The molecule has 18 heavy (non-hydrogen) atoms. The van der Waals surface area contributed by atoms with Crippen molar-refractivity contribution < 1.29 is 22.7 Å². The minimum absolute atomic E-state index is 0.111. The fraction of sp³-hybridized carbons (Fsp3) is 0.455. The number of benzene rings is 1. The number of hydrogen-bond donors (Lipinski definition) is 2. The topological polar surface area (TPSA) is 32.3 Å². The molecular weight excluding hydrogens is 270 g/mol. The summed E-state index contributed by atoms with van der Waals surface area (Å²) in [5.41, 5.74) is -3.70. The molecule has 1 aromatic rings. The van der Waals surface area contributed by atoms with E-state index in [0.29, 0.717) is 5.56 Å². The van der Waals surface area contributed by atoms with Crippen molar-refractivity contribution in [3.63, 3.8) is 0 Å². The minimum Gasteiger partial charge on any atom is -0.387 e. The van der Waals surface area contributed by atoms with E-state index in [-0.39, 0.29) is 30.6 Å². The zero-order valence-electron chi connectivity index (χ0n) is 9.38. The van der Waals surface area contributed by atoms with Gasteiger partial charge in [-0.25, -0.2) is 4.39 Å². The number of hydrogen-bond acceptors (Lipinski definition) is 3. The van der Waals surface area contributed by atoms with Crippen molar-refractivity contribution in [2.45, 2.75) is 11.6 Å². The molecule has 0 aromatic heterocycles. The average molecular weight is 283 g/mol. The van der Waals surface area contributed by atoms with E-state index in [1.54, 1.807) is 0 Å². The molecule has 0 spiro atoms. The molecular formula is C11H13F4NOS. The van der Waals surface area contributed by atoms with E-state index >= 15 is 0 Å². The number of aliphatic hydroxyl groups is 1. The number of halogens is 4. The van der Waals surface area contributed by atoms with Crippen LogP contribution in [0.4, 0.5) is 17.6 Å². The van der Waals surface area contributed by atoms with Gasteiger partial charge in [-0.3, -0.25) is 0 Å². The highest BCUT2D eigenvalue weighted by atomic mass is 32.2. The lowest BCUT2D eigenvalue weighted by Gasteiger charge is -2.12. The van der Waals surface area contributed by atoms with Gasteiger partial charge in [-0.2, -0.15) is 13.2 Å². The summed E-state index contributed by atoms with van der Waals surface area (Å²) in [7, 11) is 0. The van der Waals surface area contributed by atoms with E-state index in [0.717, 1.165) is 0 Å². The van der Waals surface area contributed by atoms with Gasteiger partial charge in [-0.05, 0) is 29.5 Å². The summed E-state index contributed by atoms with van der Waals surface area (Å²) in [5.74, 6) is -0.514. The van der Waals surface area contributed by atoms with Crippen LogP contribution in [0.3, 0.4) is 0 Å². The van der Waals surface area contributed by atoms with Crippen molar-refractivity contribution >= 4 is 11.8 Å². The summed E-state index contributed by atoms with van der Waals surface area (Å²) in [6.07, 6.45) is -0.860. The maximum atomic E-state index is 12.6. The Kier molecular flexibility index (Phi) is 5.90. The number of alkyl halides is 3. The summed E-state index contributed by atoms with van der Waals surface area (Å²) in [4.78, 5) is 0. The molecule has 1 aromatic carbocycles. The van der Waals surface area contributed by atoms with Gasteiger partial charge in [-0.15, -0.1) is 0 Å². The van der Waals surface area contributed by atoms with E-state index in [1.165, 1.54) is 24.3 Å². The van der Waals surface area contributed by atoms with Gasteiger partial charge >= 0.3 is 5.51 Å². The second-order valence-electron chi connectivity index (χ2n) is 3.57. The zero-order valence-corrected chi connectivity index (χ0v) is 10.2. The molecule has 2 N–H and O–H groups in total. The van der Waals surface area contributed by atoms with Crippen LogP contribution in [-0.4, -0.2) is 29.5 Å². The van der Waals surface area contributed by atoms with Crippen molar-refractivity contribution in [1.29, 1.82) is 0 Å². The Morgan fingerprint density at radius 3 is 2.39 bits per heavy atom. The Balaban J connectivity index is 2.21. The van der Waals surface area contributed by atoms with Crippen LogP contribution in [0.15, 0.2) is 24.3 Å². The smallest absolute Gasteiger partial charge is 0.387 e. The molecule has 7 heteroatoms. The first-order chi connectivity index (χ1) is 8.38. The van der Waals surface area contributed by atoms with Gasteiger partial charge in [-0.1, -0.05) is 12.1 Å². The standard InChI is InChI=1S/C11H13F4NOS/c12-9-3-1-8(2-4-9)10(17)7-16-5-6-18-11(13,14)15/h1-4,10,16-17H,5-7H2. The summed E-state index contributed by atoms with van der Waals surface area (Å²) in [6, 6.07) is 5.31. The van der Waals surface area contributed by atoms with Crippen LogP contribution >= 0.6 is 11.8 Å². The van der Waals surface area contributed by atoms with Crippen LogP contribution in [0.25, 0.3) is 0 Å². The average Bonchev–Trinajstić information content (AvgIpc) is 2.27. The van der Waals surface area contributed by atoms with Crippen molar-refractivity contribution in [3.8, 4) is 0 Å². The fourth-order valence-electron chi connectivity index (χ4n) is 1.28. The minimum atomic E-state index is -4.22. The van der Waals surface area contributed by atoms with E-state index in [2.05, 4.69) is 5.32 Å². The third-order valence-electron chi connectivity index (χ3n) is 2.14. The first-order valence-corrected chi connectivity index (χ1v) is 6.22. The fourth-order valence-corrected chi connectivity index (χ4v) is 1.76. The molecule has 0 aliphatic heterocycles. The summed E-state index contributed by atoms with van der Waals surface area (Å²) in [5, 5.41) is 12.4. The molecule has 0 radical (unpaired) electrons. The van der Waals surface area contributed by atoms with E-state index in [4.69, 9.17) is 0 Å². The van der Waals surface area contributed by atoms with Crippen LogP contribution < -0.4 is 5.32 Å². The third-order valence-corrected chi connectivity index (χ3v) is 2.87. The Bertz CT molecular complexity index is 355. The van der Waals surface area contributed by atoms with Gasteiger partial charge in [0.05, 0.1) is 6.10 Å². The molecule has 0 amide bonds. The SMILES string of the molecule is OC(CNCCSC(F)(F)F)c1ccc(F)cc1. The lowest BCUT2D eigenvalue weighted by atomic mass is 10.1. The largest absolute Gasteiger partial charge is 0.441 e. The number of thioether (sulfide) groups is 1. The zero-order chi connectivity index (χ0) is 13.6. The second-order valence-corrected chi connectivity index (χ2v) is 4.73. The van der Waals surface area contributed by atoms with Crippen molar-refractivity contribution in [2.24, 2.45) is 0 Å². The van der Waals surface area contributed by atoms with Gasteiger partial charge in [0.25, 0.3) is 0 Å². The molecule has 1 rings (SSSR count). The van der Waals surface area contributed by atoms with Crippen molar-refractivity contribution in [3.05, 3.63) is 35.6 Å². The third kappa shape index (κ3) is 6.23. The number of aliphatic hydroxyl groups excluding tert-OH is 1. The Hall–Kier alpha value is -0.790. The van der Waals surface area contributed by atoms with Gasteiger partial charge < -0.3 is 10.4 Å². The predicted octanol–water partition coefficient (Wildman–Crippen LogP) is 2.70. The van der Waals surface area contributed by atoms with E-state index in [1.807, 2.05) is 0 Å². The van der Waals surface area contributed by atoms with Gasteiger partial charge in [0, 0.05) is 18.8 Å². The highest BCUT2D eigenvalue weighted by molar-refractivity contribution is 8.00. The molecule has 0 aliphatic carbocycles. The number of nitrogens with one attached hydrogen (secondary N) is 1. The maximum absolute atomic E-state index is 12.6. The first kappa shape index (κ1) is 15.3. The molecule has 2 nitrogen and oxygen atoms in total. The lowest BCUT2D eigenvalue weighted by Crippen LogP contribution is -2.24. The van der Waals surface area contributed by atoms with Crippen LogP contribution in [-0.2, 0) is 0 Å². The van der Waals surface area contributed by atoms with Crippen molar-refractivity contribution in [2.75, 3.05) is 18.8 Å². The highest BCUT2D eigenvalue weighted by Crippen LogP contribution is 2.29. The molecule has 102 valence electrons.